The summed E-state index contributed by atoms with van der Waals surface area (Å²) in [6.45, 7) is 14.1. The molecule has 0 fully saturated rings. The highest BCUT2D eigenvalue weighted by atomic mass is 31.2. The Morgan fingerprint density at radius 1 is 0.301 bits per heavy atom. The van der Waals surface area contributed by atoms with Gasteiger partial charge >= 0.3 is 39.5 Å². The van der Waals surface area contributed by atoms with Crippen molar-refractivity contribution in [3.63, 3.8) is 0 Å². The highest BCUT2D eigenvalue weighted by Crippen LogP contribution is 2.45. The van der Waals surface area contributed by atoms with Crippen molar-refractivity contribution in [2.45, 2.75) is 388 Å². The molecule has 0 aromatic heterocycles. The van der Waals surface area contributed by atoms with E-state index in [1.165, 1.54) is 167 Å². The van der Waals surface area contributed by atoms with Crippen molar-refractivity contribution >= 4 is 39.5 Å². The van der Waals surface area contributed by atoms with Crippen LogP contribution in [0.1, 0.15) is 370 Å². The molecule has 0 aliphatic carbocycles. The quantitative estimate of drug-likeness (QED) is 0.0222. The van der Waals surface area contributed by atoms with Crippen molar-refractivity contribution in [1.82, 2.24) is 0 Å². The molecule has 0 radical (unpaired) electrons. The largest absolute Gasteiger partial charge is 0.472 e. The number of rotatable bonds is 71. The maximum Gasteiger partial charge on any atom is 0.472 e. The summed E-state index contributed by atoms with van der Waals surface area (Å²) in [5, 5.41) is 10.6. The molecule has 0 aliphatic heterocycles. The number of phosphoric acid groups is 2. The first-order chi connectivity index (χ1) is 44.6. The van der Waals surface area contributed by atoms with Gasteiger partial charge in [0.1, 0.15) is 19.3 Å². The van der Waals surface area contributed by atoms with Crippen LogP contribution in [-0.4, -0.2) is 96.7 Å². The number of aliphatic hydroxyl groups is 1. The standard InChI is InChI=1S/C74H144O17P2/c1-9-67(8)53-45-37-28-22-18-14-10-11-15-19-23-29-38-46-54-71(76)84-60-69(90-73(78)56-48-40-30-24-20-16-12-13-17-21-26-34-42-50-64(2)3)62-88-92(80,81)86-58-68(75)59-87-93(82,83)89-63-70(91-74(79)57-49-41-33-32-36-44-52-66(6)7)61-85-72(77)55-47-39-31-25-27-35-43-51-65(4)5/h64-70,75H,9-63H2,1-8H3,(H,80,81)(H,82,83)/t67?,68?,69-,70-/m1/s1. The number of hydrogen-bond acceptors (Lipinski definition) is 15. The van der Waals surface area contributed by atoms with E-state index in [-0.39, 0.29) is 25.7 Å². The minimum absolute atomic E-state index is 0.101. The van der Waals surface area contributed by atoms with Gasteiger partial charge in [-0.1, -0.05) is 319 Å². The molecule has 0 heterocycles. The normalized spacial score (nSPS) is 14.5. The van der Waals surface area contributed by atoms with Crippen LogP contribution in [0, 0.1) is 23.7 Å². The Kier molecular flexibility index (Phi) is 62.2. The third kappa shape index (κ3) is 67.0. The summed E-state index contributed by atoms with van der Waals surface area (Å²) >= 11 is 0. The van der Waals surface area contributed by atoms with Crippen LogP contribution >= 0.6 is 15.6 Å². The van der Waals surface area contributed by atoms with E-state index in [1.807, 2.05) is 0 Å². The zero-order valence-corrected chi connectivity index (χ0v) is 62.7. The lowest BCUT2D eigenvalue weighted by Gasteiger charge is -2.21. The van der Waals surface area contributed by atoms with Gasteiger partial charge in [0.25, 0.3) is 0 Å². The van der Waals surface area contributed by atoms with E-state index in [0.717, 1.165) is 108 Å². The lowest BCUT2D eigenvalue weighted by Crippen LogP contribution is -2.30. The second-order valence-electron chi connectivity index (χ2n) is 28.4. The van der Waals surface area contributed by atoms with Gasteiger partial charge in [-0.25, -0.2) is 9.13 Å². The van der Waals surface area contributed by atoms with Crippen molar-refractivity contribution < 1.29 is 80.2 Å². The molecular weight excluding hydrogens is 1220 g/mol. The Morgan fingerprint density at radius 2 is 0.516 bits per heavy atom. The fourth-order valence-corrected chi connectivity index (χ4v) is 12.7. The second-order valence-corrected chi connectivity index (χ2v) is 31.3. The van der Waals surface area contributed by atoms with Gasteiger partial charge in [-0.15, -0.1) is 0 Å². The zero-order chi connectivity index (χ0) is 68.9. The van der Waals surface area contributed by atoms with E-state index >= 15 is 0 Å². The van der Waals surface area contributed by atoms with Gasteiger partial charge in [0.2, 0.25) is 0 Å². The number of phosphoric ester groups is 2. The Balaban J connectivity index is 5.21. The molecule has 0 spiro atoms. The molecule has 0 aliphatic rings. The predicted octanol–water partition coefficient (Wildman–Crippen LogP) is 21.3. The van der Waals surface area contributed by atoms with Gasteiger partial charge in [-0.3, -0.25) is 37.3 Å². The number of unbranched alkanes of at least 4 members (excludes halogenated alkanes) is 36. The average Bonchev–Trinajstić information content (AvgIpc) is 2.46. The van der Waals surface area contributed by atoms with Gasteiger partial charge in [0.15, 0.2) is 12.2 Å². The Bertz CT molecular complexity index is 1840. The SMILES string of the molecule is CCC(C)CCCCCCCCCCCCCCCCC(=O)OC[C@H](COP(=O)(O)OCC(O)COP(=O)(O)OC[C@@H](COC(=O)CCCCCCCCCC(C)C)OC(=O)CCCCCCCCC(C)C)OC(=O)CCCCCCCCCCCCCCCC(C)C. The Morgan fingerprint density at radius 3 is 0.763 bits per heavy atom. The molecule has 0 aromatic rings. The number of esters is 4. The summed E-state index contributed by atoms with van der Waals surface area (Å²) in [4.78, 5) is 72.6. The van der Waals surface area contributed by atoms with Gasteiger partial charge in [0, 0.05) is 25.7 Å². The first-order valence-electron chi connectivity index (χ1n) is 38.2. The van der Waals surface area contributed by atoms with Crippen molar-refractivity contribution in [3.8, 4) is 0 Å². The van der Waals surface area contributed by atoms with Crippen LogP contribution in [0.15, 0.2) is 0 Å². The number of ether oxygens (including phenoxy) is 4. The van der Waals surface area contributed by atoms with Crippen LogP contribution in [0.3, 0.4) is 0 Å². The highest BCUT2D eigenvalue weighted by molar-refractivity contribution is 7.47. The molecule has 0 saturated carbocycles. The zero-order valence-electron chi connectivity index (χ0n) is 60.9. The van der Waals surface area contributed by atoms with Crippen LogP contribution in [0.25, 0.3) is 0 Å². The topological polar surface area (TPSA) is 237 Å². The van der Waals surface area contributed by atoms with Crippen LogP contribution < -0.4 is 0 Å². The maximum atomic E-state index is 13.1. The second kappa shape index (κ2) is 63.5. The highest BCUT2D eigenvalue weighted by Gasteiger charge is 2.30. The van der Waals surface area contributed by atoms with E-state index in [2.05, 4.69) is 55.4 Å². The molecule has 3 N–H and O–H groups in total. The van der Waals surface area contributed by atoms with E-state index in [9.17, 15) is 43.2 Å². The summed E-state index contributed by atoms with van der Waals surface area (Å²) in [5.74, 6) is 0.882. The summed E-state index contributed by atoms with van der Waals surface area (Å²) in [6, 6.07) is 0. The Hall–Kier alpha value is -1.94. The molecular formula is C74H144O17P2. The first kappa shape index (κ1) is 91.1. The maximum absolute atomic E-state index is 13.1. The molecule has 552 valence electrons. The number of carbonyl (C=O) groups is 4. The predicted molar refractivity (Wildman–Crippen MR) is 377 cm³/mol. The molecule has 17 nitrogen and oxygen atoms in total. The van der Waals surface area contributed by atoms with Gasteiger partial charge in [-0.05, 0) is 49.4 Å². The fourth-order valence-electron chi connectivity index (χ4n) is 11.2. The molecule has 0 amide bonds. The van der Waals surface area contributed by atoms with Crippen LogP contribution in [0.5, 0.6) is 0 Å². The average molecular weight is 1370 g/mol. The first-order valence-corrected chi connectivity index (χ1v) is 41.2. The smallest absolute Gasteiger partial charge is 0.462 e. The van der Waals surface area contributed by atoms with E-state index in [4.69, 9.17) is 37.0 Å². The van der Waals surface area contributed by atoms with Gasteiger partial charge in [0.05, 0.1) is 26.4 Å². The third-order valence-corrected chi connectivity index (χ3v) is 19.3. The molecule has 0 bridgehead atoms. The molecule has 0 rings (SSSR count). The van der Waals surface area contributed by atoms with Gasteiger partial charge in [-0.2, -0.15) is 0 Å². The molecule has 0 aromatic carbocycles. The third-order valence-electron chi connectivity index (χ3n) is 17.4. The number of hydrogen-bond donors (Lipinski definition) is 3. The summed E-state index contributed by atoms with van der Waals surface area (Å²) < 4.78 is 68.4. The van der Waals surface area contributed by atoms with Crippen molar-refractivity contribution in [3.05, 3.63) is 0 Å². The van der Waals surface area contributed by atoms with Crippen molar-refractivity contribution in [2.75, 3.05) is 39.6 Å². The molecule has 19 heteroatoms. The lowest BCUT2D eigenvalue weighted by molar-refractivity contribution is -0.161. The summed E-state index contributed by atoms with van der Waals surface area (Å²) in [7, 11) is -9.91. The molecule has 93 heavy (non-hydrogen) atoms. The minimum atomic E-state index is -4.96. The lowest BCUT2D eigenvalue weighted by atomic mass is 9.99. The minimum Gasteiger partial charge on any atom is -0.462 e. The van der Waals surface area contributed by atoms with E-state index in [0.29, 0.717) is 37.5 Å². The summed E-state index contributed by atoms with van der Waals surface area (Å²) in [6.07, 6.45) is 47.4. The van der Waals surface area contributed by atoms with Crippen LogP contribution in [0.4, 0.5) is 0 Å². The number of carbonyl (C=O) groups excluding carboxylic acids is 4. The van der Waals surface area contributed by atoms with Crippen molar-refractivity contribution in [1.29, 1.82) is 0 Å². The van der Waals surface area contributed by atoms with Crippen molar-refractivity contribution in [2.24, 2.45) is 23.7 Å². The molecule has 4 unspecified atom stereocenters. The molecule has 6 atom stereocenters. The summed E-state index contributed by atoms with van der Waals surface area (Å²) in [5.41, 5.74) is 0. The van der Waals surface area contributed by atoms with E-state index in [1.54, 1.807) is 0 Å². The van der Waals surface area contributed by atoms with Crippen LogP contribution in [0.2, 0.25) is 0 Å². The number of aliphatic hydroxyl groups excluding tert-OH is 1. The van der Waals surface area contributed by atoms with Gasteiger partial charge < -0.3 is 33.8 Å². The Labute approximate surface area is 568 Å². The monoisotopic (exact) mass is 1370 g/mol. The fraction of sp³-hybridized carbons (Fsp3) is 0.946. The molecule has 0 saturated heterocycles. The van der Waals surface area contributed by atoms with Crippen LogP contribution in [-0.2, 0) is 65.4 Å². The van der Waals surface area contributed by atoms with E-state index < -0.39 is 97.5 Å².